The Morgan fingerprint density at radius 2 is 2.45 bits per heavy atom. The van der Waals surface area contributed by atoms with Gasteiger partial charge in [0.2, 0.25) is 0 Å². The monoisotopic (exact) mass is 157 g/mol. The summed E-state index contributed by atoms with van der Waals surface area (Å²) >= 11 is 0. The molecule has 0 amide bonds. The number of hydrogen-bond donors (Lipinski definition) is 2. The van der Waals surface area contributed by atoms with Gasteiger partial charge in [0.05, 0.1) is 6.04 Å². The second kappa shape index (κ2) is 3.48. The summed E-state index contributed by atoms with van der Waals surface area (Å²) in [5.41, 5.74) is 0. The number of ketones is 1. The Balaban J connectivity index is 2.26. The minimum atomic E-state index is -0.841. The maximum atomic E-state index is 10.9. The number of hydrogen-bond acceptors (Lipinski definition) is 3. The van der Waals surface area contributed by atoms with Gasteiger partial charge in [-0.15, -0.1) is 0 Å². The molecule has 0 aromatic heterocycles. The number of carbonyl (C=O) groups excluding carboxylic acids is 1. The molecule has 0 unspecified atom stereocenters. The minimum Gasteiger partial charge on any atom is -0.481 e. The van der Waals surface area contributed by atoms with Gasteiger partial charge >= 0.3 is 5.97 Å². The highest BCUT2D eigenvalue weighted by atomic mass is 16.4. The van der Waals surface area contributed by atoms with Gasteiger partial charge in [0.25, 0.3) is 0 Å². The maximum Gasteiger partial charge on any atom is 0.303 e. The summed E-state index contributed by atoms with van der Waals surface area (Å²) in [6.45, 7) is 0.698. The molecule has 11 heavy (non-hydrogen) atoms. The van der Waals surface area contributed by atoms with Crippen molar-refractivity contribution < 1.29 is 14.7 Å². The van der Waals surface area contributed by atoms with Crippen molar-refractivity contribution in [2.45, 2.75) is 25.3 Å². The number of carboxylic acids is 1. The molecular formula is C7H11NO3. The second-order valence-corrected chi connectivity index (χ2v) is 2.66. The van der Waals surface area contributed by atoms with E-state index >= 15 is 0 Å². The van der Waals surface area contributed by atoms with Crippen LogP contribution in [-0.4, -0.2) is 29.4 Å². The molecule has 0 aliphatic carbocycles. The molecule has 1 atom stereocenters. The van der Waals surface area contributed by atoms with Crippen molar-refractivity contribution in [2.75, 3.05) is 6.54 Å². The summed E-state index contributed by atoms with van der Waals surface area (Å²) in [5.74, 6) is -0.697. The van der Waals surface area contributed by atoms with Crippen molar-refractivity contribution in [1.29, 1.82) is 0 Å². The van der Waals surface area contributed by atoms with Gasteiger partial charge in [-0.1, -0.05) is 0 Å². The molecule has 4 nitrogen and oxygen atoms in total. The Hall–Kier alpha value is -0.900. The van der Waals surface area contributed by atoms with E-state index in [9.17, 15) is 9.59 Å². The summed E-state index contributed by atoms with van der Waals surface area (Å²) < 4.78 is 0. The molecule has 0 spiro atoms. The third-order valence-electron chi connectivity index (χ3n) is 1.80. The molecule has 1 saturated heterocycles. The number of aliphatic carboxylic acids is 1. The lowest BCUT2D eigenvalue weighted by molar-refractivity contribution is -0.137. The molecule has 0 aromatic carbocycles. The van der Waals surface area contributed by atoms with Gasteiger partial charge < -0.3 is 10.4 Å². The molecule has 0 saturated carbocycles. The Kier molecular flexibility index (Phi) is 2.59. The Bertz CT molecular complexity index is 179. The van der Waals surface area contributed by atoms with Gasteiger partial charge in [-0.3, -0.25) is 9.59 Å². The fraction of sp³-hybridized carbons (Fsp3) is 0.714. The second-order valence-electron chi connectivity index (χ2n) is 2.66. The lowest BCUT2D eigenvalue weighted by atomic mass is 10.1. The van der Waals surface area contributed by atoms with E-state index in [-0.39, 0.29) is 18.2 Å². The Labute approximate surface area is 64.6 Å². The molecule has 0 radical (unpaired) electrons. The highest BCUT2D eigenvalue weighted by Gasteiger charge is 2.23. The van der Waals surface area contributed by atoms with Crippen LogP contribution in [0.1, 0.15) is 19.3 Å². The highest BCUT2D eigenvalue weighted by molar-refractivity contribution is 5.86. The predicted molar refractivity (Wildman–Crippen MR) is 38.3 cm³/mol. The summed E-state index contributed by atoms with van der Waals surface area (Å²) in [7, 11) is 0. The molecule has 1 aliphatic heterocycles. The summed E-state index contributed by atoms with van der Waals surface area (Å²) in [6.07, 6.45) is 1.04. The summed E-state index contributed by atoms with van der Waals surface area (Å²) in [6, 6.07) is -0.203. The van der Waals surface area contributed by atoms with Crippen LogP contribution in [0.15, 0.2) is 0 Å². The largest absolute Gasteiger partial charge is 0.481 e. The molecule has 0 bridgehead atoms. The molecule has 1 aliphatic rings. The van der Waals surface area contributed by atoms with Crippen LogP contribution in [0.25, 0.3) is 0 Å². The third-order valence-corrected chi connectivity index (χ3v) is 1.80. The lowest BCUT2D eigenvalue weighted by Crippen LogP contribution is -2.27. The van der Waals surface area contributed by atoms with Crippen LogP contribution in [0, 0.1) is 0 Å². The average Bonchev–Trinajstić information content (AvgIpc) is 2.31. The van der Waals surface area contributed by atoms with E-state index in [2.05, 4.69) is 5.32 Å². The van der Waals surface area contributed by atoms with Gasteiger partial charge in [-0.25, -0.2) is 0 Å². The molecule has 1 fully saturated rings. The predicted octanol–water partition coefficient (Wildman–Crippen LogP) is -0.218. The zero-order chi connectivity index (χ0) is 8.27. The summed E-state index contributed by atoms with van der Waals surface area (Å²) in [5, 5.41) is 11.3. The fourth-order valence-electron chi connectivity index (χ4n) is 1.19. The molecule has 62 valence electrons. The van der Waals surface area contributed by atoms with Crippen molar-refractivity contribution in [2.24, 2.45) is 0 Å². The summed E-state index contributed by atoms with van der Waals surface area (Å²) in [4.78, 5) is 21.1. The van der Waals surface area contributed by atoms with Crippen LogP contribution in [0.4, 0.5) is 0 Å². The average molecular weight is 157 g/mol. The Morgan fingerprint density at radius 3 is 2.91 bits per heavy atom. The number of Topliss-reactive ketones (excluding diaryl/α,β-unsaturated/α-hetero) is 1. The molecule has 1 heterocycles. The zero-order valence-electron chi connectivity index (χ0n) is 6.17. The van der Waals surface area contributed by atoms with Crippen LogP contribution in [0.5, 0.6) is 0 Å². The SMILES string of the molecule is O=C(O)CC[C@@H]1NCCC1=O. The van der Waals surface area contributed by atoms with E-state index in [1.807, 2.05) is 0 Å². The van der Waals surface area contributed by atoms with Gasteiger partial charge in [0, 0.05) is 19.4 Å². The van der Waals surface area contributed by atoms with Gasteiger partial charge in [-0.05, 0) is 6.42 Å². The van der Waals surface area contributed by atoms with Crippen molar-refractivity contribution in [3.05, 3.63) is 0 Å². The van der Waals surface area contributed by atoms with Crippen LogP contribution in [0.3, 0.4) is 0 Å². The molecule has 2 N–H and O–H groups in total. The highest BCUT2D eigenvalue weighted by Crippen LogP contribution is 2.06. The van der Waals surface area contributed by atoms with Gasteiger partial charge in [0.1, 0.15) is 0 Å². The van der Waals surface area contributed by atoms with Crippen LogP contribution < -0.4 is 5.32 Å². The van der Waals surface area contributed by atoms with Crippen molar-refractivity contribution >= 4 is 11.8 Å². The molecular weight excluding hydrogens is 146 g/mol. The lowest BCUT2D eigenvalue weighted by Gasteiger charge is -2.04. The molecule has 0 aromatic rings. The number of nitrogens with one attached hydrogen (secondary N) is 1. The van der Waals surface area contributed by atoms with Crippen LogP contribution in [0.2, 0.25) is 0 Å². The smallest absolute Gasteiger partial charge is 0.303 e. The van der Waals surface area contributed by atoms with Crippen LogP contribution in [-0.2, 0) is 9.59 Å². The molecule has 4 heteroatoms. The first-order valence-electron chi connectivity index (χ1n) is 3.68. The first-order chi connectivity index (χ1) is 5.20. The molecule has 1 rings (SSSR count). The van der Waals surface area contributed by atoms with E-state index in [1.54, 1.807) is 0 Å². The first kappa shape index (κ1) is 8.20. The van der Waals surface area contributed by atoms with E-state index in [0.29, 0.717) is 19.4 Å². The standard InChI is InChI=1S/C7H11NO3/c9-6-3-4-8-5(6)1-2-7(10)11/h5,8H,1-4H2,(H,10,11)/t5-/m0/s1. The van der Waals surface area contributed by atoms with E-state index < -0.39 is 5.97 Å². The van der Waals surface area contributed by atoms with Crippen molar-refractivity contribution in [3.63, 3.8) is 0 Å². The zero-order valence-corrected chi connectivity index (χ0v) is 6.17. The Morgan fingerprint density at radius 1 is 1.73 bits per heavy atom. The van der Waals surface area contributed by atoms with E-state index in [0.717, 1.165) is 0 Å². The van der Waals surface area contributed by atoms with E-state index in [1.165, 1.54) is 0 Å². The van der Waals surface area contributed by atoms with Crippen LogP contribution >= 0.6 is 0 Å². The normalized spacial score (nSPS) is 24.0. The quantitative estimate of drug-likeness (QED) is 0.594. The number of carboxylic acid groups (broad SMARTS) is 1. The minimum absolute atomic E-state index is 0.0728. The number of rotatable bonds is 3. The van der Waals surface area contributed by atoms with Crippen molar-refractivity contribution in [1.82, 2.24) is 5.32 Å². The van der Waals surface area contributed by atoms with Gasteiger partial charge in [0.15, 0.2) is 5.78 Å². The van der Waals surface area contributed by atoms with Crippen molar-refractivity contribution in [3.8, 4) is 0 Å². The first-order valence-corrected chi connectivity index (χ1v) is 3.68. The fourth-order valence-corrected chi connectivity index (χ4v) is 1.19. The maximum absolute atomic E-state index is 10.9. The van der Waals surface area contributed by atoms with Gasteiger partial charge in [-0.2, -0.15) is 0 Å². The third kappa shape index (κ3) is 2.31. The topological polar surface area (TPSA) is 66.4 Å². The van der Waals surface area contributed by atoms with E-state index in [4.69, 9.17) is 5.11 Å². The number of carbonyl (C=O) groups is 2.